The van der Waals surface area contributed by atoms with E-state index in [1.807, 2.05) is 19.1 Å². The summed E-state index contributed by atoms with van der Waals surface area (Å²) < 4.78 is 18.0. The molecular weight excluding hydrogens is 406 g/mol. The lowest BCUT2D eigenvalue weighted by Gasteiger charge is -2.19. The fraction of sp³-hybridized carbons (Fsp3) is 0.300. The number of methoxy groups -OCH3 is 3. The molecule has 1 aromatic carbocycles. The summed E-state index contributed by atoms with van der Waals surface area (Å²) in [5.41, 5.74) is 2.56. The van der Waals surface area contributed by atoms with Gasteiger partial charge in [-0.15, -0.1) is 11.8 Å². The Morgan fingerprint density at radius 3 is 2.37 bits per heavy atom. The van der Waals surface area contributed by atoms with Gasteiger partial charge in [-0.1, -0.05) is 0 Å². The number of aromatic nitrogens is 4. The molecule has 30 heavy (non-hydrogen) atoms. The Balaban J connectivity index is 1.90. The van der Waals surface area contributed by atoms with E-state index in [2.05, 4.69) is 20.4 Å². The highest BCUT2D eigenvalue weighted by atomic mass is 32.2. The summed E-state index contributed by atoms with van der Waals surface area (Å²) in [7, 11) is 4.72. The van der Waals surface area contributed by atoms with E-state index in [0.717, 1.165) is 16.8 Å². The van der Waals surface area contributed by atoms with Crippen LogP contribution in [0.5, 0.6) is 17.2 Å². The van der Waals surface area contributed by atoms with Crippen LogP contribution in [0, 0.1) is 6.92 Å². The molecular formula is C20H21N5O4S. The van der Waals surface area contributed by atoms with Gasteiger partial charge < -0.3 is 19.5 Å². The number of carbonyl (C=O) groups excluding carboxylic acids is 1. The maximum absolute atomic E-state index is 12.5. The van der Waals surface area contributed by atoms with Gasteiger partial charge >= 0.3 is 0 Å². The number of rotatable bonds is 5. The fourth-order valence-corrected chi connectivity index (χ4v) is 4.61. The van der Waals surface area contributed by atoms with Crippen LogP contribution >= 0.6 is 11.8 Å². The molecule has 0 aliphatic carbocycles. The summed E-state index contributed by atoms with van der Waals surface area (Å²) in [6.45, 7) is 1.90. The lowest BCUT2D eigenvalue weighted by atomic mass is 10.0. The van der Waals surface area contributed by atoms with Crippen molar-refractivity contribution in [2.75, 3.05) is 32.4 Å². The molecule has 1 amide bonds. The second-order valence-electron chi connectivity index (χ2n) is 6.51. The number of aryl methyl sites for hydroxylation is 1. The minimum absolute atomic E-state index is 0.117. The third-order valence-corrected chi connectivity index (χ3v) is 6.01. The second-order valence-corrected chi connectivity index (χ2v) is 7.60. The van der Waals surface area contributed by atoms with Crippen molar-refractivity contribution in [3.63, 3.8) is 0 Å². The quantitative estimate of drug-likeness (QED) is 0.663. The van der Waals surface area contributed by atoms with E-state index in [1.54, 1.807) is 44.5 Å². The lowest BCUT2D eigenvalue weighted by Crippen LogP contribution is -2.16. The van der Waals surface area contributed by atoms with Crippen LogP contribution in [0.2, 0.25) is 0 Å². The first-order valence-electron chi connectivity index (χ1n) is 9.15. The van der Waals surface area contributed by atoms with Crippen molar-refractivity contribution in [2.24, 2.45) is 0 Å². The molecule has 1 aliphatic heterocycles. The molecule has 0 bridgehead atoms. The molecule has 9 nitrogen and oxygen atoms in total. The number of carbonyl (C=O) groups is 1. The van der Waals surface area contributed by atoms with E-state index in [9.17, 15) is 4.79 Å². The molecule has 1 N–H and O–H groups in total. The van der Waals surface area contributed by atoms with Crippen molar-refractivity contribution >= 4 is 23.5 Å². The molecule has 0 saturated carbocycles. The summed E-state index contributed by atoms with van der Waals surface area (Å²) in [5, 5.41) is 7.38. The highest BCUT2D eigenvalue weighted by Gasteiger charge is 2.32. The molecule has 1 atom stereocenters. The number of benzene rings is 1. The van der Waals surface area contributed by atoms with Crippen LogP contribution in [0.25, 0.3) is 5.95 Å². The number of hydrogen-bond donors (Lipinski definition) is 1. The maximum atomic E-state index is 12.5. The van der Waals surface area contributed by atoms with Gasteiger partial charge in [-0.25, -0.2) is 9.97 Å². The van der Waals surface area contributed by atoms with E-state index in [1.165, 1.54) is 11.8 Å². The molecule has 3 heterocycles. The molecule has 0 spiro atoms. The summed E-state index contributed by atoms with van der Waals surface area (Å²) >= 11 is 1.50. The second kappa shape index (κ2) is 8.23. The van der Waals surface area contributed by atoms with Gasteiger partial charge in [0.1, 0.15) is 5.82 Å². The predicted octanol–water partition coefficient (Wildman–Crippen LogP) is 2.77. The molecule has 0 radical (unpaired) electrons. The highest BCUT2D eigenvalue weighted by Crippen LogP contribution is 2.48. The Kier molecular flexibility index (Phi) is 5.49. The molecule has 1 aliphatic rings. The lowest BCUT2D eigenvalue weighted by molar-refractivity contribution is -0.113. The Morgan fingerprint density at radius 1 is 1.10 bits per heavy atom. The minimum Gasteiger partial charge on any atom is -0.493 e. The van der Waals surface area contributed by atoms with Crippen LogP contribution in [0.4, 0.5) is 5.82 Å². The molecule has 3 aromatic rings. The van der Waals surface area contributed by atoms with Crippen molar-refractivity contribution in [2.45, 2.75) is 12.2 Å². The van der Waals surface area contributed by atoms with Crippen molar-refractivity contribution < 1.29 is 19.0 Å². The van der Waals surface area contributed by atoms with E-state index >= 15 is 0 Å². The van der Waals surface area contributed by atoms with Crippen LogP contribution in [-0.4, -0.2) is 52.7 Å². The molecule has 0 fully saturated rings. The predicted molar refractivity (Wildman–Crippen MR) is 113 cm³/mol. The van der Waals surface area contributed by atoms with Crippen LogP contribution in [-0.2, 0) is 4.79 Å². The van der Waals surface area contributed by atoms with Gasteiger partial charge in [0.05, 0.1) is 38.0 Å². The molecule has 4 rings (SSSR count). The normalized spacial score (nSPS) is 15.7. The van der Waals surface area contributed by atoms with Crippen molar-refractivity contribution in [1.82, 2.24) is 19.7 Å². The van der Waals surface area contributed by atoms with Gasteiger partial charge in [0.15, 0.2) is 11.5 Å². The Hall–Kier alpha value is -3.27. The van der Waals surface area contributed by atoms with Crippen LogP contribution in [0.15, 0.2) is 30.6 Å². The van der Waals surface area contributed by atoms with Crippen LogP contribution in [0.3, 0.4) is 0 Å². The van der Waals surface area contributed by atoms with Gasteiger partial charge in [-0.2, -0.15) is 9.78 Å². The third kappa shape index (κ3) is 3.43. The van der Waals surface area contributed by atoms with Gasteiger partial charge in [0, 0.05) is 18.0 Å². The molecule has 156 valence electrons. The van der Waals surface area contributed by atoms with Crippen molar-refractivity contribution in [1.29, 1.82) is 0 Å². The fourth-order valence-electron chi connectivity index (χ4n) is 3.44. The van der Waals surface area contributed by atoms with E-state index < -0.39 is 0 Å². The average molecular weight is 427 g/mol. The van der Waals surface area contributed by atoms with Gasteiger partial charge in [-0.3, -0.25) is 4.79 Å². The molecule has 2 aromatic heterocycles. The standard InChI is InChI=1S/C20H21N5O4S/c1-11-16-18(12-8-13(27-2)17(29-4)14(9-12)28-3)30-10-15(26)23-19(16)25(24-11)20-21-6-5-7-22-20/h5-9,18H,10H2,1-4H3,(H,23,26)/t18-/m1/s1. The minimum atomic E-state index is -0.190. The first-order valence-corrected chi connectivity index (χ1v) is 10.2. The van der Waals surface area contributed by atoms with Crippen LogP contribution in [0.1, 0.15) is 22.1 Å². The molecule has 0 unspecified atom stereocenters. The van der Waals surface area contributed by atoms with E-state index in [-0.39, 0.29) is 16.9 Å². The third-order valence-electron chi connectivity index (χ3n) is 4.74. The zero-order chi connectivity index (χ0) is 21.3. The highest BCUT2D eigenvalue weighted by molar-refractivity contribution is 8.00. The largest absolute Gasteiger partial charge is 0.493 e. The van der Waals surface area contributed by atoms with Crippen molar-refractivity contribution in [3.8, 4) is 23.2 Å². The summed E-state index contributed by atoms with van der Waals surface area (Å²) in [6.07, 6.45) is 3.27. The monoisotopic (exact) mass is 427 g/mol. The van der Waals surface area contributed by atoms with Crippen molar-refractivity contribution in [3.05, 3.63) is 47.4 Å². The van der Waals surface area contributed by atoms with Crippen LogP contribution < -0.4 is 19.5 Å². The van der Waals surface area contributed by atoms with E-state index in [4.69, 9.17) is 14.2 Å². The molecule has 10 heteroatoms. The summed E-state index contributed by atoms with van der Waals surface area (Å²) in [6, 6.07) is 5.52. The Labute approximate surface area is 177 Å². The zero-order valence-corrected chi connectivity index (χ0v) is 17.8. The van der Waals surface area contributed by atoms with Gasteiger partial charge in [0.2, 0.25) is 11.7 Å². The molecule has 0 saturated heterocycles. The average Bonchev–Trinajstić information content (AvgIpc) is 2.98. The Bertz CT molecular complexity index is 1060. The SMILES string of the molecule is COc1cc([C@H]2SCC(=O)Nc3c2c(C)nn3-c2ncccn2)cc(OC)c1OC. The summed E-state index contributed by atoms with van der Waals surface area (Å²) in [5.74, 6) is 2.73. The topological polar surface area (TPSA) is 100 Å². The number of thioether (sulfide) groups is 1. The van der Waals surface area contributed by atoms with Gasteiger partial charge in [-0.05, 0) is 30.7 Å². The number of amides is 1. The Morgan fingerprint density at radius 2 is 1.77 bits per heavy atom. The number of hydrogen-bond acceptors (Lipinski definition) is 8. The first kappa shape index (κ1) is 20.0. The smallest absolute Gasteiger partial charge is 0.252 e. The number of nitrogens with one attached hydrogen (secondary N) is 1. The van der Waals surface area contributed by atoms with Gasteiger partial charge in [0.25, 0.3) is 5.95 Å². The number of nitrogens with zero attached hydrogens (tertiary/aromatic N) is 4. The number of fused-ring (bicyclic) bond motifs is 1. The van der Waals surface area contributed by atoms with E-state index in [0.29, 0.717) is 29.0 Å². The maximum Gasteiger partial charge on any atom is 0.252 e. The summed E-state index contributed by atoms with van der Waals surface area (Å²) in [4.78, 5) is 21.0. The number of anilines is 1. The number of ether oxygens (including phenoxy) is 3. The first-order chi connectivity index (χ1) is 14.6. The zero-order valence-electron chi connectivity index (χ0n) is 17.0.